The number of hydrogen-bond acceptors (Lipinski definition) is 6. The smallest absolute Gasteiger partial charge is 0.325 e. The molecular weight excluding hydrogens is 436 g/mol. The van der Waals surface area contributed by atoms with Gasteiger partial charge in [-0.3, -0.25) is 19.0 Å². The Hall–Kier alpha value is -4.92. The molecule has 1 N–H and O–H groups in total. The van der Waals surface area contributed by atoms with Crippen molar-refractivity contribution in [1.82, 2.24) is 9.55 Å². The summed E-state index contributed by atoms with van der Waals surface area (Å²) in [5, 5.41) is 12.8. The second-order valence-electron chi connectivity index (χ2n) is 7.24. The molecule has 0 aliphatic heterocycles. The first-order valence-corrected chi connectivity index (χ1v) is 10.2. The molecule has 0 unspecified atom stereocenters. The maximum Gasteiger partial charge on any atom is 0.325 e. The van der Waals surface area contributed by atoms with Gasteiger partial charge in [-0.05, 0) is 60.7 Å². The first-order valence-electron chi connectivity index (χ1n) is 10.2. The average molecular weight is 454 g/mol. The summed E-state index contributed by atoms with van der Waals surface area (Å²) in [5.74, 6) is -1.29. The fraction of sp³-hybridized carbons (Fsp3) is 0.0400. The number of carboxylic acids is 1. The number of para-hydroxylation sites is 2. The number of fused-ring (bicyclic) bond motifs is 1. The molecule has 1 heterocycles. The van der Waals surface area contributed by atoms with Crippen LogP contribution in [0.3, 0.4) is 0 Å². The van der Waals surface area contributed by atoms with Crippen molar-refractivity contribution in [3.8, 4) is 5.69 Å². The van der Waals surface area contributed by atoms with Gasteiger partial charge in [0.05, 0.1) is 27.6 Å². The molecular formula is C25H18N4O5. The van der Waals surface area contributed by atoms with Crippen molar-refractivity contribution in [3.63, 3.8) is 0 Å². The molecule has 34 heavy (non-hydrogen) atoms. The van der Waals surface area contributed by atoms with Crippen LogP contribution in [0.2, 0.25) is 0 Å². The number of carbonyl (C=O) groups excluding carboxylic acids is 1. The lowest BCUT2D eigenvalue weighted by atomic mass is 10.1. The summed E-state index contributed by atoms with van der Waals surface area (Å²) in [7, 11) is 0. The number of rotatable bonds is 8. The molecule has 0 atom stereocenters. The number of ketones is 1. The molecule has 0 amide bonds. The number of carbonyl (C=O) groups is 2. The number of allylic oxidation sites excluding steroid dienone is 1. The minimum Gasteiger partial charge on any atom is -0.480 e. The predicted molar refractivity (Wildman–Crippen MR) is 128 cm³/mol. The third-order valence-corrected chi connectivity index (χ3v) is 5.03. The van der Waals surface area contributed by atoms with Crippen LogP contribution in [-0.4, -0.2) is 33.0 Å². The van der Waals surface area contributed by atoms with Crippen molar-refractivity contribution in [2.45, 2.75) is 0 Å². The topological polar surface area (TPSA) is 122 Å². The number of anilines is 1. The predicted octanol–water partition coefficient (Wildman–Crippen LogP) is 3.85. The van der Waals surface area contributed by atoms with E-state index in [1.807, 2.05) is 6.07 Å². The first kappa shape index (κ1) is 22.3. The number of aromatic nitrogens is 2. The summed E-state index contributed by atoms with van der Waals surface area (Å²) in [6.07, 6.45) is 2.78. The lowest BCUT2D eigenvalue weighted by Gasteiger charge is -2.12. The highest BCUT2D eigenvalue weighted by atomic mass is 16.4. The maximum absolute atomic E-state index is 13.2. The molecule has 4 rings (SSSR count). The second kappa shape index (κ2) is 9.70. The zero-order chi connectivity index (χ0) is 24.1. The first-order chi connectivity index (χ1) is 16.5. The van der Waals surface area contributed by atoms with Gasteiger partial charge in [-0.1, -0.05) is 30.3 Å². The zero-order valence-corrected chi connectivity index (χ0v) is 17.7. The van der Waals surface area contributed by atoms with Crippen molar-refractivity contribution >= 4 is 34.4 Å². The van der Waals surface area contributed by atoms with Gasteiger partial charge in [-0.2, -0.15) is 0 Å². The van der Waals surface area contributed by atoms with Gasteiger partial charge >= 0.3 is 5.97 Å². The number of carboxylic acid groups (broad SMARTS) is 1. The van der Waals surface area contributed by atoms with E-state index in [-0.39, 0.29) is 22.9 Å². The van der Waals surface area contributed by atoms with E-state index in [2.05, 4.69) is 10.3 Å². The quantitative estimate of drug-likeness (QED) is 0.186. The van der Waals surface area contributed by atoms with Crippen LogP contribution in [0.15, 0.2) is 95.0 Å². The standard InChI is InChI=1S/C25H18N4O5/c30-22(17-10-12-18(13-11-17)28(27-34)16-24(31)32)14-15-23-26-21-9-5-4-8-20(21)25(33)29(23)19-6-2-1-3-7-19/h1-15H,16H2,(H,31,32)/b15-14+. The molecule has 0 radical (unpaired) electrons. The monoisotopic (exact) mass is 454 g/mol. The van der Waals surface area contributed by atoms with Crippen LogP contribution in [0.25, 0.3) is 22.7 Å². The molecule has 168 valence electrons. The molecule has 0 saturated carbocycles. The fourth-order valence-corrected chi connectivity index (χ4v) is 3.43. The van der Waals surface area contributed by atoms with Crippen molar-refractivity contribution in [2.24, 2.45) is 5.29 Å². The molecule has 0 spiro atoms. The van der Waals surface area contributed by atoms with E-state index in [1.54, 1.807) is 48.5 Å². The summed E-state index contributed by atoms with van der Waals surface area (Å²) in [5.41, 5.74) is 1.41. The Balaban J connectivity index is 1.68. The van der Waals surface area contributed by atoms with Crippen molar-refractivity contribution in [3.05, 3.63) is 112 Å². The number of aliphatic carboxylic acids is 1. The van der Waals surface area contributed by atoms with Crippen LogP contribution >= 0.6 is 0 Å². The Morgan fingerprint density at radius 1 is 0.971 bits per heavy atom. The number of hydrogen-bond donors (Lipinski definition) is 1. The molecule has 0 saturated heterocycles. The minimum absolute atomic E-state index is 0.243. The van der Waals surface area contributed by atoms with Gasteiger partial charge in [0.15, 0.2) is 5.78 Å². The Morgan fingerprint density at radius 2 is 1.65 bits per heavy atom. The third kappa shape index (κ3) is 4.63. The van der Waals surface area contributed by atoms with Crippen LogP contribution in [-0.2, 0) is 4.79 Å². The van der Waals surface area contributed by atoms with Gasteiger partial charge in [0, 0.05) is 5.56 Å². The molecule has 9 nitrogen and oxygen atoms in total. The second-order valence-corrected chi connectivity index (χ2v) is 7.24. The summed E-state index contributed by atoms with van der Waals surface area (Å²) in [6.45, 7) is -0.596. The average Bonchev–Trinajstić information content (AvgIpc) is 2.86. The minimum atomic E-state index is -1.21. The highest BCUT2D eigenvalue weighted by molar-refractivity contribution is 6.06. The Kier molecular flexibility index (Phi) is 6.35. The molecule has 0 aliphatic rings. The Labute approximate surface area is 193 Å². The molecule has 9 heteroatoms. The van der Waals surface area contributed by atoms with E-state index in [0.717, 1.165) is 5.01 Å². The van der Waals surface area contributed by atoms with Crippen molar-refractivity contribution in [1.29, 1.82) is 0 Å². The zero-order valence-electron chi connectivity index (χ0n) is 17.7. The molecule has 4 aromatic rings. The van der Waals surface area contributed by atoms with Gasteiger partial charge in [-0.15, -0.1) is 4.91 Å². The molecule has 0 fully saturated rings. The molecule has 0 bridgehead atoms. The summed E-state index contributed by atoms with van der Waals surface area (Å²) < 4.78 is 1.44. The van der Waals surface area contributed by atoms with E-state index >= 15 is 0 Å². The van der Waals surface area contributed by atoms with E-state index in [4.69, 9.17) is 5.11 Å². The number of nitrogens with zero attached hydrogens (tertiary/aromatic N) is 4. The molecule has 3 aromatic carbocycles. The van der Waals surface area contributed by atoms with Gasteiger partial charge in [0.2, 0.25) is 0 Å². The summed E-state index contributed by atoms with van der Waals surface area (Å²) in [6, 6.07) is 21.8. The SMILES string of the molecule is O=NN(CC(=O)O)c1ccc(C(=O)/C=C/c2nc3ccccc3c(=O)n2-c2ccccc2)cc1. The number of benzene rings is 3. The molecule has 0 aliphatic carbocycles. The van der Waals surface area contributed by atoms with E-state index in [1.165, 1.54) is 41.0 Å². The van der Waals surface area contributed by atoms with Crippen LogP contribution in [0.5, 0.6) is 0 Å². The van der Waals surface area contributed by atoms with E-state index in [9.17, 15) is 19.3 Å². The largest absolute Gasteiger partial charge is 0.480 e. The highest BCUT2D eigenvalue weighted by Gasteiger charge is 2.13. The van der Waals surface area contributed by atoms with E-state index < -0.39 is 12.5 Å². The lowest BCUT2D eigenvalue weighted by molar-refractivity contribution is -0.135. The summed E-state index contributed by atoms with van der Waals surface area (Å²) >= 11 is 0. The van der Waals surface area contributed by atoms with Crippen molar-refractivity contribution < 1.29 is 14.7 Å². The third-order valence-electron chi connectivity index (χ3n) is 5.03. The number of nitroso groups, excluding NO2 is 1. The van der Waals surface area contributed by atoms with Gasteiger partial charge in [0.25, 0.3) is 5.56 Å². The van der Waals surface area contributed by atoms with Gasteiger partial charge in [-0.25, -0.2) is 9.99 Å². The Morgan fingerprint density at radius 3 is 2.32 bits per heavy atom. The fourth-order valence-electron chi connectivity index (χ4n) is 3.43. The van der Waals surface area contributed by atoms with Crippen LogP contribution in [0.1, 0.15) is 16.2 Å². The maximum atomic E-state index is 13.2. The normalized spacial score (nSPS) is 10.9. The van der Waals surface area contributed by atoms with Crippen molar-refractivity contribution in [2.75, 3.05) is 11.6 Å². The van der Waals surface area contributed by atoms with Gasteiger partial charge in [0.1, 0.15) is 12.4 Å². The van der Waals surface area contributed by atoms with E-state index in [0.29, 0.717) is 22.2 Å². The Bertz CT molecular complexity index is 1460. The lowest BCUT2D eigenvalue weighted by Crippen LogP contribution is -2.23. The molecule has 1 aromatic heterocycles. The van der Waals surface area contributed by atoms with Crippen LogP contribution in [0, 0.1) is 4.91 Å². The summed E-state index contributed by atoms with van der Waals surface area (Å²) in [4.78, 5) is 52.2. The van der Waals surface area contributed by atoms with Crippen LogP contribution in [0.4, 0.5) is 5.69 Å². The highest BCUT2D eigenvalue weighted by Crippen LogP contribution is 2.17. The van der Waals surface area contributed by atoms with Gasteiger partial charge < -0.3 is 5.11 Å². The van der Waals surface area contributed by atoms with Crippen LogP contribution < -0.4 is 10.6 Å².